The molecule has 4 heteroatoms. The predicted octanol–water partition coefficient (Wildman–Crippen LogP) is 0.649. The number of nitrogens with two attached hydrogens (primary N) is 1. The van der Waals surface area contributed by atoms with Gasteiger partial charge in [-0.05, 0) is 13.3 Å². The second-order valence-electron chi connectivity index (χ2n) is 2.79. The van der Waals surface area contributed by atoms with Crippen LogP contribution in [0.4, 0.5) is 4.79 Å². The fourth-order valence-electron chi connectivity index (χ4n) is 1.14. The van der Waals surface area contributed by atoms with E-state index in [4.69, 9.17) is 10.5 Å². The Labute approximate surface area is 65.7 Å². The molecule has 0 bridgehead atoms. The molecule has 2 N–H and O–H groups in total. The molecule has 1 amide bonds. The Morgan fingerprint density at radius 3 is 2.64 bits per heavy atom. The van der Waals surface area contributed by atoms with E-state index in [2.05, 4.69) is 4.74 Å². The first-order chi connectivity index (χ1) is 5.10. The number of hydrogen-bond donors (Lipinski definition) is 1. The highest BCUT2D eigenvalue weighted by atomic mass is 16.6. The molecule has 0 saturated carbocycles. The van der Waals surface area contributed by atoms with Crippen LogP contribution in [0.5, 0.6) is 0 Å². The first kappa shape index (κ1) is 8.33. The van der Waals surface area contributed by atoms with Gasteiger partial charge < -0.3 is 15.2 Å². The van der Waals surface area contributed by atoms with Crippen molar-refractivity contribution in [2.75, 3.05) is 6.61 Å². The van der Waals surface area contributed by atoms with E-state index >= 15 is 0 Å². The fraction of sp³-hybridized carbons (Fsp3) is 0.857. The standard InChI is InChI=1S/C7H13NO3/c1-3-7(5(2)11-7)4-10-6(8)9/h5H,3-4H2,1-2H3,(H2,8,9). The van der Waals surface area contributed by atoms with Crippen molar-refractivity contribution in [2.45, 2.75) is 32.0 Å². The van der Waals surface area contributed by atoms with Crippen LogP contribution in [0.3, 0.4) is 0 Å². The molecule has 4 nitrogen and oxygen atoms in total. The van der Waals surface area contributed by atoms with E-state index < -0.39 is 6.09 Å². The average molecular weight is 159 g/mol. The molecule has 11 heavy (non-hydrogen) atoms. The van der Waals surface area contributed by atoms with Crippen molar-refractivity contribution in [3.05, 3.63) is 0 Å². The smallest absolute Gasteiger partial charge is 0.404 e. The van der Waals surface area contributed by atoms with Gasteiger partial charge in [-0.2, -0.15) is 0 Å². The topological polar surface area (TPSA) is 64.8 Å². The Morgan fingerprint density at radius 2 is 2.36 bits per heavy atom. The van der Waals surface area contributed by atoms with Gasteiger partial charge in [0, 0.05) is 0 Å². The van der Waals surface area contributed by atoms with Crippen LogP contribution in [-0.2, 0) is 9.47 Å². The van der Waals surface area contributed by atoms with Gasteiger partial charge in [-0.3, -0.25) is 0 Å². The second kappa shape index (κ2) is 2.70. The summed E-state index contributed by atoms with van der Waals surface area (Å²) in [5.41, 5.74) is 4.57. The molecular weight excluding hydrogens is 146 g/mol. The van der Waals surface area contributed by atoms with Crippen LogP contribution in [0.2, 0.25) is 0 Å². The third kappa shape index (κ3) is 1.63. The summed E-state index contributed by atoms with van der Waals surface area (Å²) >= 11 is 0. The maximum Gasteiger partial charge on any atom is 0.404 e. The third-order valence-corrected chi connectivity index (χ3v) is 2.15. The lowest BCUT2D eigenvalue weighted by Crippen LogP contribution is -2.25. The van der Waals surface area contributed by atoms with Gasteiger partial charge in [-0.25, -0.2) is 4.79 Å². The van der Waals surface area contributed by atoms with E-state index in [0.29, 0.717) is 0 Å². The molecular formula is C7H13NO3. The lowest BCUT2D eigenvalue weighted by molar-refractivity contribution is 0.116. The van der Waals surface area contributed by atoms with Gasteiger partial charge in [0.1, 0.15) is 12.2 Å². The van der Waals surface area contributed by atoms with E-state index in [1.807, 2.05) is 13.8 Å². The van der Waals surface area contributed by atoms with Crippen LogP contribution in [0, 0.1) is 0 Å². The van der Waals surface area contributed by atoms with Gasteiger partial charge >= 0.3 is 6.09 Å². The molecule has 2 unspecified atom stereocenters. The Balaban J connectivity index is 2.30. The van der Waals surface area contributed by atoms with Crippen LogP contribution in [0.25, 0.3) is 0 Å². The molecule has 64 valence electrons. The Morgan fingerprint density at radius 1 is 1.82 bits per heavy atom. The highest BCUT2D eigenvalue weighted by Crippen LogP contribution is 2.39. The van der Waals surface area contributed by atoms with Crippen LogP contribution < -0.4 is 5.73 Å². The summed E-state index contributed by atoms with van der Waals surface area (Å²) in [5.74, 6) is 0. The van der Waals surface area contributed by atoms with Gasteiger partial charge in [0.15, 0.2) is 0 Å². The molecule has 0 aromatic rings. The molecule has 1 fully saturated rings. The molecule has 1 aliphatic heterocycles. The van der Waals surface area contributed by atoms with E-state index in [1.54, 1.807) is 0 Å². The minimum atomic E-state index is -0.736. The summed E-state index contributed by atoms with van der Waals surface area (Å²) < 4.78 is 9.92. The van der Waals surface area contributed by atoms with Gasteiger partial charge in [0.2, 0.25) is 0 Å². The Kier molecular flexibility index (Phi) is 2.04. The Hall–Kier alpha value is -0.770. The van der Waals surface area contributed by atoms with E-state index in [9.17, 15) is 4.79 Å². The molecule has 1 aliphatic rings. The zero-order valence-electron chi connectivity index (χ0n) is 6.79. The van der Waals surface area contributed by atoms with Crippen LogP contribution in [0.15, 0.2) is 0 Å². The summed E-state index contributed by atoms with van der Waals surface area (Å²) in [6.07, 6.45) is 0.300. The maximum absolute atomic E-state index is 10.2. The normalized spacial score (nSPS) is 34.9. The monoisotopic (exact) mass is 159 g/mol. The summed E-state index contributed by atoms with van der Waals surface area (Å²) in [7, 11) is 0. The van der Waals surface area contributed by atoms with Crippen molar-refractivity contribution < 1.29 is 14.3 Å². The van der Waals surface area contributed by atoms with Crippen molar-refractivity contribution in [2.24, 2.45) is 5.73 Å². The zero-order valence-corrected chi connectivity index (χ0v) is 6.79. The van der Waals surface area contributed by atoms with Gasteiger partial charge in [0.25, 0.3) is 0 Å². The van der Waals surface area contributed by atoms with E-state index in [-0.39, 0.29) is 18.3 Å². The number of amides is 1. The zero-order chi connectivity index (χ0) is 8.48. The molecule has 0 radical (unpaired) electrons. The van der Waals surface area contributed by atoms with Gasteiger partial charge in [0.05, 0.1) is 6.10 Å². The average Bonchev–Trinajstić information content (AvgIpc) is 2.59. The molecule has 0 aromatic heterocycles. The molecule has 1 heterocycles. The number of hydrogen-bond acceptors (Lipinski definition) is 3. The minimum Gasteiger partial charge on any atom is -0.447 e. The number of primary amides is 1. The highest BCUT2D eigenvalue weighted by Gasteiger charge is 2.52. The molecule has 0 aromatic carbocycles. The number of epoxide rings is 1. The SMILES string of the molecule is CCC1(COC(N)=O)OC1C. The van der Waals surface area contributed by atoms with Crippen molar-refractivity contribution in [3.8, 4) is 0 Å². The number of rotatable bonds is 3. The van der Waals surface area contributed by atoms with Crippen molar-refractivity contribution in [1.82, 2.24) is 0 Å². The molecule has 1 saturated heterocycles. The lowest BCUT2D eigenvalue weighted by atomic mass is 10.1. The van der Waals surface area contributed by atoms with Crippen molar-refractivity contribution in [1.29, 1.82) is 0 Å². The predicted molar refractivity (Wildman–Crippen MR) is 39.1 cm³/mol. The largest absolute Gasteiger partial charge is 0.447 e. The Bertz CT molecular complexity index is 167. The first-order valence-electron chi connectivity index (χ1n) is 3.71. The molecule has 0 spiro atoms. The summed E-state index contributed by atoms with van der Waals surface area (Å²) in [6, 6.07) is 0. The van der Waals surface area contributed by atoms with Crippen LogP contribution in [0.1, 0.15) is 20.3 Å². The lowest BCUT2D eigenvalue weighted by Gasteiger charge is -2.08. The molecule has 2 atom stereocenters. The summed E-state index contributed by atoms with van der Waals surface area (Å²) in [4.78, 5) is 10.2. The highest BCUT2D eigenvalue weighted by molar-refractivity contribution is 5.64. The van der Waals surface area contributed by atoms with Gasteiger partial charge in [-0.15, -0.1) is 0 Å². The molecule has 1 rings (SSSR count). The van der Waals surface area contributed by atoms with Crippen LogP contribution in [-0.4, -0.2) is 24.4 Å². The van der Waals surface area contributed by atoms with E-state index in [1.165, 1.54) is 0 Å². The number of carbonyl (C=O) groups excluding carboxylic acids is 1. The second-order valence-corrected chi connectivity index (χ2v) is 2.79. The van der Waals surface area contributed by atoms with Crippen molar-refractivity contribution in [3.63, 3.8) is 0 Å². The molecule has 0 aliphatic carbocycles. The third-order valence-electron chi connectivity index (χ3n) is 2.15. The van der Waals surface area contributed by atoms with Gasteiger partial charge in [-0.1, -0.05) is 6.92 Å². The summed E-state index contributed by atoms with van der Waals surface area (Å²) in [6.45, 7) is 4.22. The number of ether oxygens (including phenoxy) is 2. The van der Waals surface area contributed by atoms with E-state index in [0.717, 1.165) is 6.42 Å². The fourth-order valence-corrected chi connectivity index (χ4v) is 1.14. The first-order valence-corrected chi connectivity index (χ1v) is 3.71. The van der Waals surface area contributed by atoms with Crippen LogP contribution >= 0.6 is 0 Å². The quantitative estimate of drug-likeness (QED) is 0.615. The van der Waals surface area contributed by atoms with Crippen molar-refractivity contribution >= 4 is 6.09 Å². The minimum absolute atomic E-state index is 0.187. The summed E-state index contributed by atoms with van der Waals surface area (Å²) in [5, 5.41) is 0. The maximum atomic E-state index is 10.2. The number of carbonyl (C=O) groups is 1.